The molecule has 0 spiro atoms. The van der Waals surface area contributed by atoms with Gasteiger partial charge in [0.15, 0.2) is 0 Å². The van der Waals surface area contributed by atoms with Crippen LogP contribution >= 0.6 is 15.9 Å². The Morgan fingerprint density at radius 2 is 2.25 bits per heavy atom. The van der Waals surface area contributed by atoms with E-state index in [2.05, 4.69) is 33.5 Å². The molecule has 4 heteroatoms. The summed E-state index contributed by atoms with van der Waals surface area (Å²) in [7, 11) is 1.70. The topological polar surface area (TPSA) is 33.3 Å². The zero-order chi connectivity index (χ0) is 14.4. The number of hydrogen-bond acceptors (Lipinski definition) is 3. The average molecular weight is 341 g/mol. The molecule has 1 fully saturated rings. The largest absolute Gasteiger partial charge is 0.497 e. The van der Waals surface area contributed by atoms with Crippen LogP contribution in [-0.2, 0) is 0 Å². The van der Waals surface area contributed by atoms with Gasteiger partial charge in [0.05, 0.1) is 12.8 Å². The van der Waals surface area contributed by atoms with Crippen LogP contribution in [-0.4, -0.2) is 25.7 Å². The monoisotopic (exact) mass is 340 g/mol. The van der Waals surface area contributed by atoms with Gasteiger partial charge in [0.25, 0.3) is 0 Å². The normalized spacial score (nSPS) is 21.1. The highest BCUT2D eigenvalue weighted by atomic mass is 79.9. The van der Waals surface area contributed by atoms with Crippen molar-refractivity contribution in [2.45, 2.75) is 51.1 Å². The lowest BCUT2D eigenvalue weighted by Gasteiger charge is -2.23. The van der Waals surface area contributed by atoms with Gasteiger partial charge in [0.2, 0.25) is 0 Å². The second-order valence-corrected chi connectivity index (χ2v) is 6.48. The molecule has 112 valence electrons. The van der Waals surface area contributed by atoms with Crippen molar-refractivity contribution < 1.29 is 4.74 Å². The van der Waals surface area contributed by atoms with Crippen molar-refractivity contribution in [2.75, 3.05) is 19.0 Å². The van der Waals surface area contributed by atoms with Crippen LogP contribution in [0.4, 0.5) is 5.69 Å². The fourth-order valence-electron chi connectivity index (χ4n) is 2.80. The van der Waals surface area contributed by atoms with Crippen molar-refractivity contribution in [2.24, 2.45) is 0 Å². The number of hydrogen-bond donors (Lipinski definition) is 2. The average Bonchev–Trinajstić information content (AvgIpc) is 2.70. The lowest BCUT2D eigenvalue weighted by atomic mass is 10.0. The highest BCUT2D eigenvalue weighted by Gasteiger charge is 2.15. The van der Waals surface area contributed by atoms with E-state index in [-0.39, 0.29) is 0 Å². The summed E-state index contributed by atoms with van der Waals surface area (Å²) >= 11 is 3.59. The van der Waals surface area contributed by atoms with Gasteiger partial charge in [0, 0.05) is 22.6 Å². The van der Waals surface area contributed by atoms with Crippen LogP contribution in [0.2, 0.25) is 0 Å². The second-order valence-electron chi connectivity index (χ2n) is 5.63. The van der Waals surface area contributed by atoms with Crippen LogP contribution < -0.4 is 15.4 Å². The molecule has 2 atom stereocenters. The van der Waals surface area contributed by atoms with Gasteiger partial charge in [-0.15, -0.1) is 0 Å². The zero-order valence-corrected chi connectivity index (χ0v) is 14.0. The molecule has 1 heterocycles. The SMILES string of the molecule is COc1ccc(Br)c(NC(C)CC2CCCCCN2)c1. The minimum Gasteiger partial charge on any atom is -0.497 e. The number of methoxy groups -OCH3 is 1. The van der Waals surface area contributed by atoms with Gasteiger partial charge in [-0.1, -0.05) is 12.8 Å². The molecular formula is C16H25BrN2O. The molecule has 0 saturated carbocycles. The summed E-state index contributed by atoms with van der Waals surface area (Å²) in [6.07, 6.45) is 6.49. The van der Waals surface area contributed by atoms with Gasteiger partial charge in [-0.25, -0.2) is 0 Å². The van der Waals surface area contributed by atoms with Gasteiger partial charge in [0.1, 0.15) is 5.75 Å². The second kappa shape index (κ2) is 7.89. The summed E-state index contributed by atoms with van der Waals surface area (Å²) in [4.78, 5) is 0. The minimum absolute atomic E-state index is 0.439. The van der Waals surface area contributed by atoms with E-state index in [9.17, 15) is 0 Å². The number of ether oxygens (including phenoxy) is 1. The Morgan fingerprint density at radius 1 is 1.40 bits per heavy atom. The van der Waals surface area contributed by atoms with Crippen molar-refractivity contribution >= 4 is 21.6 Å². The van der Waals surface area contributed by atoms with E-state index in [1.807, 2.05) is 18.2 Å². The van der Waals surface area contributed by atoms with Crippen molar-refractivity contribution in [3.05, 3.63) is 22.7 Å². The van der Waals surface area contributed by atoms with Crippen LogP contribution in [0.3, 0.4) is 0 Å². The van der Waals surface area contributed by atoms with E-state index in [0.29, 0.717) is 12.1 Å². The zero-order valence-electron chi connectivity index (χ0n) is 12.4. The Labute approximate surface area is 130 Å². The highest BCUT2D eigenvalue weighted by Crippen LogP contribution is 2.28. The molecule has 2 rings (SSSR count). The van der Waals surface area contributed by atoms with E-state index in [0.717, 1.165) is 22.3 Å². The molecule has 2 unspecified atom stereocenters. The maximum absolute atomic E-state index is 5.28. The molecular weight excluding hydrogens is 316 g/mol. The molecule has 20 heavy (non-hydrogen) atoms. The van der Waals surface area contributed by atoms with Crippen LogP contribution in [0.1, 0.15) is 39.0 Å². The van der Waals surface area contributed by atoms with Gasteiger partial charge in [-0.05, 0) is 60.8 Å². The summed E-state index contributed by atoms with van der Waals surface area (Å²) in [6, 6.07) is 7.12. The molecule has 0 aliphatic carbocycles. The summed E-state index contributed by atoms with van der Waals surface area (Å²) in [6.45, 7) is 3.42. The number of rotatable bonds is 5. The fraction of sp³-hybridized carbons (Fsp3) is 0.625. The first-order valence-corrected chi connectivity index (χ1v) is 8.32. The number of benzene rings is 1. The summed E-state index contributed by atoms with van der Waals surface area (Å²) < 4.78 is 6.37. The number of nitrogens with one attached hydrogen (secondary N) is 2. The van der Waals surface area contributed by atoms with Crippen molar-refractivity contribution in [3.63, 3.8) is 0 Å². The van der Waals surface area contributed by atoms with E-state index in [1.165, 1.54) is 32.2 Å². The first-order valence-electron chi connectivity index (χ1n) is 7.52. The van der Waals surface area contributed by atoms with Gasteiger partial charge < -0.3 is 15.4 Å². The van der Waals surface area contributed by atoms with Crippen molar-refractivity contribution in [1.82, 2.24) is 5.32 Å². The van der Waals surface area contributed by atoms with Crippen LogP contribution in [0.15, 0.2) is 22.7 Å². The lowest BCUT2D eigenvalue weighted by Crippen LogP contribution is -2.33. The molecule has 1 aliphatic rings. The molecule has 0 bridgehead atoms. The van der Waals surface area contributed by atoms with Gasteiger partial charge >= 0.3 is 0 Å². The Balaban J connectivity index is 1.91. The van der Waals surface area contributed by atoms with E-state index in [4.69, 9.17) is 4.74 Å². The third-order valence-electron chi connectivity index (χ3n) is 3.88. The smallest absolute Gasteiger partial charge is 0.121 e. The fourth-order valence-corrected chi connectivity index (χ4v) is 3.16. The predicted molar refractivity (Wildman–Crippen MR) is 88.7 cm³/mol. The Kier molecular flexibility index (Phi) is 6.17. The van der Waals surface area contributed by atoms with Crippen LogP contribution in [0.25, 0.3) is 0 Å². The molecule has 1 saturated heterocycles. The number of halogens is 1. The van der Waals surface area contributed by atoms with Gasteiger partial charge in [-0.3, -0.25) is 0 Å². The van der Waals surface area contributed by atoms with Crippen molar-refractivity contribution in [1.29, 1.82) is 0 Å². The molecule has 1 aromatic carbocycles. The van der Waals surface area contributed by atoms with Crippen LogP contribution in [0, 0.1) is 0 Å². The lowest BCUT2D eigenvalue weighted by molar-refractivity contribution is 0.414. The van der Waals surface area contributed by atoms with E-state index < -0.39 is 0 Å². The molecule has 0 radical (unpaired) electrons. The molecule has 3 nitrogen and oxygen atoms in total. The minimum atomic E-state index is 0.439. The highest BCUT2D eigenvalue weighted by molar-refractivity contribution is 9.10. The summed E-state index contributed by atoms with van der Waals surface area (Å²) in [5.41, 5.74) is 1.10. The maximum Gasteiger partial charge on any atom is 0.121 e. The first-order chi connectivity index (χ1) is 9.69. The van der Waals surface area contributed by atoms with Gasteiger partial charge in [-0.2, -0.15) is 0 Å². The van der Waals surface area contributed by atoms with Crippen molar-refractivity contribution in [3.8, 4) is 5.75 Å². The maximum atomic E-state index is 5.28. The summed E-state index contributed by atoms with van der Waals surface area (Å²) in [5, 5.41) is 7.24. The molecule has 0 aromatic heterocycles. The van der Waals surface area contributed by atoms with Crippen LogP contribution in [0.5, 0.6) is 5.75 Å². The molecule has 1 aromatic rings. The molecule has 0 amide bonds. The third-order valence-corrected chi connectivity index (χ3v) is 4.57. The number of anilines is 1. The Bertz CT molecular complexity index is 417. The Morgan fingerprint density at radius 3 is 3.05 bits per heavy atom. The molecule has 1 aliphatic heterocycles. The standard InChI is InChI=1S/C16H25BrN2O/c1-12(10-13-6-4-3-5-9-18-13)19-16-11-14(20-2)7-8-15(16)17/h7-8,11-13,18-19H,3-6,9-10H2,1-2H3. The Hall–Kier alpha value is -0.740. The predicted octanol–water partition coefficient (Wildman–Crippen LogP) is 4.18. The van der Waals surface area contributed by atoms with E-state index >= 15 is 0 Å². The third kappa shape index (κ3) is 4.67. The molecule has 2 N–H and O–H groups in total. The van der Waals surface area contributed by atoms with E-state index in [1.54, 1.807) is 7.11 Å². The first kappa shape index (κ1) is 15.6. The summed E-state index contributed by atoms with van der Waals surface area (Å²) in [5.74, 6) is 0.885. The quantitative estimate of drug-likeness (QED) is 0.843.